The van der Waals surface area contributed by atoms with Gasteiger partial charge in [0.25, 0.3) is 0 Å². The van der Waals surface area contributed by atoms with Gasteiger partial charge in [0.2, 0.25) is 0 Å². The highest BCUT2D eigenvalue weighted by Crippen LogP contribution is 2.24. The number of hydrogen-bond acceptors (Lipinski definition) is 3. The molecule has 0 spiro atoms. The Morgan fingerprint density at radius 3 is 2.40 bits per heavy atom. The molecular formula is C17H16N2S. The van der Waals surface area contributed by atoms with Crippen LogP contribution in [0.15, 0.2) is 53.9 Å². The molecule has 0 aliphatic heterocycles. The number of benzene rings is 2. The molecule has 20 heavy (non-hydrogen) atoms. The summed E-state index contributed by atoms with van der Waals surface area (Å²) in [7, 11) is 0. The van der Waals surface area contributed by atoms with Gasteiger partial charge in [-0.05, 0) is 24.6 Å². The molecule has 2 nitrogen and oxygen atoms in total. The van der Waals surface area contributed by atoms with Crippen molar-refractivity contribution in [2.24, 2.45) is 0 Å². The fourth-order valence-electron chi connectivity index (χ4n) is 2.06. The zero-order valence-electron chi connectivity index (χ0n) is 11.3. The highest BCUT2D eigenvalue weighted by Gasteiger charge is 2.05. The SMILES string of the molecule is Cc1ccc(-c2csc(Cc3ccc(N)cc3)n2)cc1. The molecule has 0 amide bonds. The molecule has 0 bridgehead atoms. The van der Waals surface area contributed by atoms with E-state index >= 15 is 0 Å². The Kier molecular flexibility index (Phi) is 3.52. The molecule has 3 aromatic rings. The Labute approximate surface area is 122 Å². The Bertz CT molecular complexity index is 697. The molecule has 1 heterocycles. The number of aromatic nitrogens is 1. The van der Waals surface area contributed by atoms with Crippen LogP contribution in [0, 0.1) is 6.92 Å². The Balaban J connectivity index is 1.80. The van der Waals surface area contributed by atoms with Crippen molar-refractivity contribution in [2.45, 2.75) is 13.3 Å². The van der Waals surface area contributed by atoms with Crippen molar-refractivity contribution >= 4 is 17.0 Å². The Hall–Kier alpha value is -2.13. The van der Waals surface area contributed by atoms with E-state index in [4.69, 9.17) is 10.7 Å². The number of thiazole rings is 1. The molecule has 1 aromatic heterocycles. The molecule has 0 aliphatic carbocycles. The Morgan fingerprint density at radius 2 is 1.70 bits per heavy atom. The van der Waals surface area contributed by atoms with Gasteiger partial charge in [-0.3, -0.25) is 0 Å². The molecule has 0 saturated carbocycles. The van der Waals surface area contributed by atoms with Crippen LogP contribution in [0.3, 0.4) is 0 Å². The van der Waals surface area contributed by atoms with E-state index in [0.717, 1.165) is 22.8 Å². The molecule has 0 atom stereocenters. The summed E-state index contributed by atoms with van der Waals surface area (Å²) in [5.74, 6) is 0. The standard InChI is InChI=1S/C17H16N2S/c1-12-2-6-14(7-3-12)16-11-20-17(19-16)10-13-4-8-15(18)9-5-13/h2-9,11H,10,18H2,1H3. The van der Waals surface area contributed by atoms with Crippen molar-refractivity contribution in [3.05, 3.63) is 70.0 Å². The van der Waals surface area contributed by atoms with Gasteiger partial charge in [0.15, 0.2) is 0 Å². The van der Waals surface area contributed by atoms with E-state index in [1.165, 1.54) is 16.7 Å². The molecular weight excluding hydrogens is 264 g/mol. The van der Waals surface area contributed by atoms with Crippen LogP contribution < -0.4 is 5.73 Å². The van der Waals surface area contributed by atoms with Crippen LogP contribution in [0.5, 0.6) is 0 Å². The number of aryl methyl sites for hydroxylation is 1. The third kappa shape index (κ3) is 2.89. The maximum Gasteiger partial charge on any atom is 0.0976 e. The van der Waals surface area contributed by atoms with Gasteiger partial charge >= 0.3 is 0 Å². The van der Waals surface area contributed by atoms with Crippen LogP contribution in [0.2, 0.25) is 0 Å². The zero-order valence-corrected chi connectivity index (χ0v) is 12.2. The molecule has 100 valence electrons. The van der Waals surface area contributed by atoms with E-state index < -0.39 is 0 Å². The minimum atomic E-state index is 0.799. The van der Waals surface area contributed by atoms with Crippen molar-refractivity contribution in [3.8, 4) is 11.3 Å². The van der Waals surface area contributed by atoms with E-state index in [0.29, 0.717) is 0 Å². The topological polar surface area (TPSA) is 38.9 Å². The highest BCUT2D eigenvalue weighted by molar-refractivity contribution is 7.10. The number of nitrogens with zero attached hydrogens (tertiary/aromatic N) is 1. The normalized spacial score (nSPS) is 10.7. The summed E-state index contributed by atoms with van der Waals surface area (Å²) in [6.07, 6.45) is 0.858. The zero-order chi connectivity index (χ0) is 13.9. The minimum absolute atomic E-state index is 0.799. The van der Waals surface area contributed by atoms with Gasteiger partial charge in [0, 0.05) is 23.1 Å². The van der Waals surface area contributed by atoms with Crippen LogP contribution in [0.4, 0.5) is 5.69 Å². The lowest BCUT2D eigenvalue weighted by Crippen LogP contribution is -1.89. The molecule has 0 unspecified atom stereocenters. The first kappa shape index (κ1) is 12.9. The number of nitrogen functional groups attached to an aromatic ring is 1. The van der Waals surface area contributed by atoms with E-state index in [9.17, 15) is 0 Å². The van der Waals surface area contributed by atoms with E-state index in [-0.39, 0.29) is 0 Å². The minimum Gasteiger partial charge on any atom is -0.399 e. The van der Waals surface area contributed by atoms with Crippen molar-refractivity contribution in [3.63, 3.8) is 0 Å². The molecule has 0 radical (unpaired) electrons. The molecule has 0 saturated heterocycles. The average Bonchev–Trinajstić information content (AvgIpc) is 2.91. The highest BCUT2D eigenvalue weighted by atomic mass is 32.1. The lowest BCUT2D eigenvalue weighted by atomic mass is 10.1. The lowest BCUT2D eigenvalue weighted by Gasteiger charge is -1.99. The predicted molar refractivity (Wildman–Crippen MR) is 85.9 cm³/mol. The number of rotatable bonds is 3. The van der Waals surface area contributed by atoms with Crippen molar-refractivity contribution in [1.82, 2.24) is 4.98 Å². The van der Waals surface area contributed by atoms with Gasteiger partial charge in [0.1, 0.15) is 0 Å². The van der Waals surface area contributed by atoms with Crippen molar-refractivity contribution in [1.29, 1.82) is 0 Å². The van der Waals surface area contributed by atoms with E-state index in [2.05, 4.69) is 48.7 Å². The number of anilines is 1. The summed E-state index contributed by atoms with van der Waals surface area (Å²) >= 11 is 1.71. The second-order valence-electron chi connectivity index (χ2n) is 4.91. The summed E-state index contributed by atoms with van der Waals surface area (Å²) in [4.78, 5) is 4.72. The van der Waals surface area contributed by atoms with Crippen LogP contribution in [0.1, 0.15) is 16.1 Å². The first-order valence-electron chi connectivity index (χ1n) is 6.56. The van der Waals surface area contributed by atoms with Gasteiger partial charge in [-0.25, -0.2) is 4.98 Å². The summed E-state index contributed by atoms with van der Waals surface area (Å²) in [6.45, 7) is 2.09. The molecule has 0 fully saturated rings. The van der Waals surface area contributed by atoms with Crippen LogP contribution in [-0.4, -0.2) is 4.98 Å². The maximum absolute atomic E-state index is 5.70. The molecule has 3 heteroatoms. The first-order chi connectivity index (χ1) is 9.70. The van der Waals surface area contributed by atoms with Crippen molar-refractivity contribution < 1.29 is 0 Å². The maximum atomic E-state index is 5.70. The lowest BCUT2D eigenvalue weighted by molar-refractivity contribution is 1.14. The van der Waals surface area contributed by atoms with E-state index in [1.807, 2.05) is 12.1 Å². The predicted octanol–water partition coefficient (Wildman–Crippen LogP) is 4.29. The fraction of sp³-hybridized carbons (Fsp3) is 0.118. The van der Waals surface area contributed by atoms with Crippen molar-refractivity contribution in [2.75, 3.05) is 5.73 Å². The Morgan fingerprint density at radius 1 is 1.00 bits per heavy atom. The van der Waals surface area contributed by atoms with Crippen LogP contribution in [-0.2, 0) is 6.42 Å². The summed E-state index contributed by atoms with van der Waals surface area (Å²) < 4.78 is 0. The number of hydrogen-bond donors (Lipinski definition) is 1. The third-order valence-electron chi connectivity index (χ3n) is 3.23. The molecule has 0 aliphatic rings. The van der Waals surface area contributed by atoms with Gasteiger partial charge < -0.3 is 5.73 Å². The average molecular weight is 280 g/mol. The van der Waals surface area contributed by atoms with Gasteiger partial charge in [-0.2, -0.15) is 0 Å². The molecule has 2 N–H and O–H groups in total. The van der Waals surface area contributed by atoms with E-state index in [1.54, 1.807) is 11.3 Å². The largest absolute Gasteiger partial charge is 0.399 e. The second kappa shape index (κ2) is 5.47. The summed E-state index contributed by atoms with van der Waals surface area (Å²) in [5, 5.41) is 3.25. The van der Waals surface area contributed by atoms with Gasteiger partial charge in [0.05, 0.1) is 10.7 Å². The second-order valence-corrected chi connectivity index (χ2v) is 5.85. The molecule has 2 aromatic carbocycles. The smallest absolute Gasteiger partial charge is 0.0976 e. The van der Waals surface area contributed by atoms with Crippen LogP contribution in [0.25, 0.3) is 11.3 Å². The number of nitrogens with two attached hydrogens (primary N) is 1. The van der Waals surface area contributed by atoms with Crippen LogP contribution >= 0.6 is 11.3 Å². The summed E-state index contributed by atoms with van der Waals surface area (Å²) in [6, 6.07) is 16.5. The van der Waals surface area contributed by atoms with Gasteiger partial charge in [-0.15, -0.1) is 11.3 Å². The fourth-order valence-corrected chi connectivity index (χ4v) is 2.90. The monoisotopic (exact) mass is 280 g/mol. The summed E-state index contributed by atoms with van der Waals surface area (Å²) in [5.41, 5.74) is 11.2. The first-order valence-corrected chi connectivity index (χ1v) is 7.44. The molecule has 3 rings (SSSR count). The quantitative estimate of drug-likeness (QED) is 0.727. The van der Waals surface area contributed by atoms with Gasteiger partial charge in [-0.1, -0.05) is 42.0 Å². The third-order valence-corrected chi connectivity index (χ3v) is 4.08.